The van der Waals surface area contributed by atoms with Crippen molar-refractivity contribution >= 4 is 43.1 Å². The molecule has 3 aromatic rings. The Morgan fingerprint density at radius 2 is 1.61 bits per heavy atom. The molecule has 1 atom stereocenters. The van der Waals surface area contributed by atoms with Crippen LogP contribution in [0.3, 0.4) is 0 Å². The van der Waals surface area contributed by atoms with Crippen LogP contribution in [-0.2, 0) is 24.8 Å². The van der Waals surface area contributed by atoms with Crippen LogP contribution in [0.15, 0.2) is 77.8 Å². The van der Waals surface area contributed by atoms with E-state index in [2.05, 4.69) is 15.0 Å². The molecule has 0 bridgehead atoms. The van der Waals surface area contributed by atoms with Crippen LogP contribution < -0.4 is 14.3 Å². The Hall–Kier alpha value is -3.51. The predicted octanol–water partition coefficient (Wildman–Crippen LogP) is 2.81. The van der Waals surface area contributed by atoms with Crippen molar-refractivity contribution in [2.24, 2.45) is 0 Å². The summed E-state index contributed by atoms with van der Waals surface area (Å²) in [6, 6.07) is 13.7. The monoisotopic (exact) mass is 492 g/mol. The molecular weight excluding hydrogens is 471 g/mol. The third kappa shape index (κ3) is 6.05. The van der Waals surface area contributed by atoms with Crippen molar-refractivity contribution in [3.05, 3.63) is 78.7 Å². The van der Waals surface area contributed by atoms with Gasteiger partial charge in [0.2, 0.25) is 15.9 Å². The number of aromatic nitrogens is 1. The van der Waals surface area contributed by atoms with Gasteiger partial charge < -0.3 is 5.32 Å². The molecule has 9 nitrogen and oxygen atoms in total. The van der Waals surface area contributed by atoms with Crippen molar-refractivity contribution in [3.8, 4) is 0 Å². The molecule has 2 aromatic carbocycles. The van der Waals surface area contributed by atoms with Crippen molar-refractivity contribution < 1.29 is 26.0 Å². The number of carbonyl (C=O) groups excluding carboxylic acids is 1. The number of anilines is 3. The number of amides is 1. The fraction of sp³-hybridized carbons (Fsp3) is 0.143. The second-order valence-corrected chi connectivity index (χ2v) is 10.6. The number of hydrogen-bond acceptors (Lipinski definition) is 6. The molecule has 0 aliphatic heterocycles. The normalized spacial score (nSPS) is 12.6. The molecule has 174 valence electrons. The summed E-state index contributed by atoms with van der Waals surface area (Å²) < 4.78 is 66.0. The second-order valence-electron chi connectivity index (χ2n) is 7.05. The van der Waals surface area contributed by atoms with Gasteiger partial charge in [-0.2, -0.15) is 0 Å². The molecule has 0 fully saturated rings. The van der Waals surface area contributed by atoms with Gasteiger partial charge in [0, 0.05) is 11.9 Å². The largest absolute Gasteiger partial charge is 0.324 e. The molecule has 0 radical (unpaired) electrons. The van der Waals surface area contributed by atoms with E-state index in [-0.39, 0.29) is 22.1 Å². The molecule has 0 saturated carbocycles. The highest BCUT2D eigenvalue weighted by Gasteiger charge is 2.29. The number of pyridine rings is 1. The summed E-state index contributed by atoms with van der Waals surface area (Å²) in [5, 5.41) is 2.56. The highest BCUT2D eigenvalue weighted by molar-refractivity contribution is 7.92. The lowest BCUT2D eigenvalue weighted by Gasteiger charge is -2.28. The molecule has 3 rings (SSSR count). The first-order chi connectivity index (χ1) is 15.5. The lowest BCUT2D eigenvalue weighted by Crippen LogP contribution is -2.45. The number of carbonyl (C=O) groups is 1. The zero-order valence-corrected chi connectivity index (χ0v) is 19.3. The molecule has 1 aromatic heterocycles. The lowest BCUT2D eigenvalue weighted by atomic mass is 10.2. The SMILES string of the molecule is CC(C(=O)Nc1ccc(S(=O)(=O)Nc2ccccn2)cc1)N(c1ccc(F)cc1)S(C)(=O)=O. The number of rotatable bonds is 8. The number of halogens is 1. The molecule has 1 unspecified atom stereocenters. The van der Waals surface area contributed by atoms with E-state index >= 15 is 0 Å². The van der Waals surface area contributed by atoms with Crippen molar-refractivity contribution in [1.82, 2.24) is 4.98 Å². The molecule has 1 heterocycles. The maximum atomic E-state index is 13.2. The fourth-order valence-electron chi connectivity index (χ4n) is 2.98. The molecule has 12 heteroatoms. The average Bonchev–Trinajstić information content (AvgIpc) is 2.75. The molecular formula is C21H21FN4O5S2. The quantitative estimate of drug-likeness (QED) is 0.498. The summed E-state index contributed by atoms with van der Waals surface area (Å²) in [7, 11) is -7.76. The van der Waals surface area contributed by atoms with Gasteiger partial charge >= 0.3 is 0 Å². The van der Waals surface area contributed by atoms with Crippen molar-refractivity contribution in [2.75, 3.05) is 20.6 Å². The molecule has 2 N–H and O–H groups in total. The van der Waals surface area contributed by atoms with Crippen LogP contribution in [0.5, 0.6) is 0 Å². The second kappa shape index (κ2) is 9.55. The van der Waals surface area contributed by atoms with Gasteiger partial charge in [0.1, 0.15) is 17.7 Å². The van der Waals surface area contributed by atoms with Gasteiger partial charge in [-0.15, -0.1) is 0 Å². The lowest BCUT2D eigenvalue weighted by molar-refractivity contribution is -0.116. The minimum atomic E-state index is -3.89. The fourth-order valence-corrected chi connectivity index (χ4v) is 5.16. The van der Waals surface area contributed by atoms with E-state index in [0.717, 1.165) is 22.7 Å². The van der Waals surface area contributed by atoms with Crippen LogP contribution in [0.2, 0.25) is 0 Å². The Bertz CT molecular complexity index is 1330. The van der Waals surface area contributed by atoms with Gasteiger partial charge in [0.15, 0.2) is 0 Å². The summed E-state index contributed by atoms with van der Waals surface area (Å²) in [4.78, 5) is 16.6. The molecule has 33 heavy (non-hydrogen) atoms. The van der Waals surface area contributed by atoms with Gasteiger partial charge in [0.05, 0.1) is 16.8 Å². The van der Waals surface area contributed by atoms with Crippen molar-refractivity contribution in [1.29, 1.82) is 0 Å². The summed E-state index contributed by atoms with van der Waals surface area (Å²) >= 11 is 0. The van der Waals surface area contributed by atoms with E-state index in [0.29, 0.717) is 0 Å². The zero-order chi connectivity index (χ0) is 24.2. The van der Waals surface area contributed by atoms with E-state index in [4.69, 9.17) is 0 Å². The zero-order valence-electron chi connectivity index (χ0n) is 17.6. The van der Waals surface area contributed by atoms with E-state index in [1.54, 1.807) is 12.1 Å². The average molecular weight is 493 g/mol. The first kappa shape index (κ1) is 24.1. The Balaban J connectivity index is 1.76. The number of hydrogen-bond donors (Lipinski definition) is 2. The maximum Gasteiger partial charge on any atom is 0.263 e. The smallest absolute Gasteiger partial charge is 0.263 e. The highest BCUT2D eigenvalue weighted by Crippen LogP contribution is 2.23. The third-order valence-corrected chi connectivity index (χ3v) is 7.12. The van der Waals surface area contributed by atoms with Crippen LogP contribution in [0.1, 0.15) is 6.92 Å². The first-order valence-electron chi connectivity index (χ1n) is 9.57. The van der Waals surface area contributed by atoms with E-state index < -0.39 is 37.8 Å². The molecule has 0 saturated heterocycles. The van der Waals surface area contributed by atoms with Crippen LogP contribution >= 0.6 is 0 Å². The third-order valence-electron chi connectivity index (χ3n) is 4.51. The standard InChI is InChI=1S/C21H21FN4O5S2/c1-15(26(32(2,28)29)18-10-6-16(22)7-11-18)21(27)24-17-8-12-19(13-9-17)33(30,31)25-20-5-3-4-14-23-20/h3-15H,1-2H3,(H,23,25)(H,24,27). The molecule has 0 aliphatic rings. The first-order valence-corrected chi connectivity index (χ1v) is 12.9. The minimum absolute atomic E-state index is 0.0525. The van der Waals surface area contributed by atoms with Crippen molar-refractivity contribution in [2.45, 2.75) is 17.9 Å². The Morgan fingerprint density at radius 1 is 0.970 bits per heavy atom. The number of sulfonamides is 2. The van der Waals surface area contributed by atoms with Gasteiger partial charge in [-0.3, -0.25) is 13.8 Å². The number of nitrogens with one attached hydrogen (secondary N) is 2. The maximum absolute atomic E-state index is 13.2. The van der Waals surface area contributed by atoms with Crippen LogP contribution in [0.4, 0.5) is 21.6 Å². The summed E-state index contributed by atoms with van der Waals surface area (Å²) in [5.74, 6) is -1.05. The van der Waals surface area contributed by atoms with Gasteiger partial charge in [-0.05, 0) is 67.6 Å². The molecule has 0 spiro atoms. The summed E-state index contributed by atoms with van der Waals surface area (Å²) in [6.45, 7) is 1.38. The number of nitrogens with zero attached hydrogens (tertiary/aromatic N) is 2. The Kier molecular flexibility index (Phi) is 6.98. The van der Waals surface area contributed by atoms with Crippen LogP contribution in [-0.4, -0.2) is 40.0 Å². The highest BCUT2D eigenvalue weighted by atomic mass is 32.2. The topological polar surface area (TPSA) is 126 Å². The molecule has 1 amide bonds. The van der Waals surface area contributed by atoms with Gasteiger partial charge in [-0.1, -0.05) is 6.07 Å². The van der Waals surface area contributed by atoms with Gasteiger partial charge in [-0.25, -0.2) is 26.2 Å². The van der Waals surface area contributed by atoms with Gasteiger partial charge in [0.25, 0.3) is 10.0 Å². The van der Waals surface area contributed by atoms with E-state index in [1.165, 1.54) is 55.6 Å². The van der Waals surface area contributed by atoms with Crippen molar-refractivity contribution in [3.63, 3.8) is 0 Å². The van der Waals surface area contributed by atoms with Crippen LogP contribution in [0, 0.1) is 5.82 Å². The Morgan fingerprint density at radius 3 is 2.15 bits per heavy atom. The summed E-state index contributed by atoms with van der Waals surface area (Å²) in [5.41, 5.74) is 0.389. The number of benzene rings is 2. The van der Waals surface area contributed by atoms with E-state index in [1.807, 2.05) is 0 Å². The Labute approximate surface area is 191 Å². The van der Waals surface area contributed by atoms with Crippen LogP contribution in [0.25, 0.3) is 0 Å². The van der Waals surface area contributed by atoms with E-state index in [9.17, 15) is 26.0 Å². The summed E-state index contributed by atoms with van der Waals surface area (Å²) in [6.07, 6.45) is 2.39. The molecule has 0 aliphatic carbocycles. The predicted molar refractivity (Wildman–Crippen MR) is 123 cm³/mol. The minimum Gasteiger partial charge on any atom is -0.324 e.